The molecule has 0 radical (unpaired) electrons. The van der Waals surface area contributed by atoms with E-state index in [1.165, 1.54) is 11.3 Å². The standard InChI is InChI=1S/C24H19N5OS2/c1-15-21(32-24-27-20(14-29(15)24)16-5-3-2-4-6-16)22(30)25-18-9-7-17(8-10-18)19-13-28-11-12-31-23(28)26-19/h2-10,13-14H,11-12H2,1H3,(H,25,30). The van der Waals surface area contributed by atoms with Crippen LogP contribution < -0.4 is 5.32 Å². The highest BCUT2D eigenvalue weighted by Crippen LogP contribution is 2.30. The third-order valence-corrected chi connectivity index (χ3v) is 7.70. The Labute approximate surface area is 193 Å². The second kappa shape index (κ2) is 7.65. The molecule has 1 aliphatic rings. The number of aromatic nitrogens is 4. The molecule has 0 unspecified atom stereocenters. The van der Waals surface area contributed by atoms with Crippen LogP contribution in [0.25, 0.3) is 27.5 Å². The SMILES string of the molecule is Cc1c(C(=O)Nc2ccc(-c3cn4c(n3)SCC4)cc2)sc2nc(-c3ccccc3)cn12. The Kier molecular flexibility index (Phi) is 4.62. The number of anilines is 1. The summed E-state index contributed by atoms with van der Waals surface area (Å²) in [5, 5.41) is 4.09. The molecule has 0 spiro atoms. The van der Waals surface area contributed by atoms with Crippen LogP contribution in [0.5, 0.6) is 0 Å². The molecule has 32 heavy (non-hydrogen) atoms. The number of fused-ring (bicyclic) bond motifs is 2. The summed E-state index contributed by atoms with van der Waals surface area (Å²) in [7, 11) is 0. The number of hydrogen-bond acceptors (Lipinski definition) is 5. The van der Waals surface area contributed by atoms with E-state index in [1.807, 2.05) is 72.1 Å². The molecule has 0 aliphatic carbocycles. The second-order valence-electron chi connectivity index (χ2n) is 7.64. The van der Waals surface area contributed by atoms with Gasteiger partial charge in [-0.3, -0.25) is 9.20 Å². The van der Waals surface area contributed by atoms with Gasteiger partial charge in [0.05, 0.1) is 11.4 Å². The lowest BCUT2D eigenvalue weighted by molar-refractivity contribution is 0.102. The maximum Gasteiger partial charge on any atom is 0.267 e. The van der Waals surface area contributed by atoms with E-state index in [9.17, 15) is 4.79 Å². The number of carbonyl (C=O) groups excluding carboxylic acids is 1. The van der Waals surface area contributed by atoms with Crippen LogP contribution >= 0.6 is 23.1 Å². The van der Waals surface area contributed by atoms with Gasteiger partial charge in [-0.2, -0.15) is 0 Å². The zero-order valence-corrected chi connectivity index (χ0v) is 18.9. The van der Waals surface area contributed by atoms with E-state index in [0.29, 0.717) is 4.88 Å². The first-order valence-corrected chi connectivity index (χ1v) is 12.1. The minimum absolute atomic E-state index is 0.121. The topological polar surface area (TPSA) is 64.2 Å². The van der Waals surface area contributed by atoms with Crippen LogP contribution in [0.3, 0.4) is 0 Å². The van der Waals surface area contributed by atoms with Gasteiger partial charge >= 0.3 is 0 Å². The van der Waals surface area contributed by atoms with Crippen LogP contribution in [-0.4, -0.2) is 30.6 Å². The molecule has 0 saturated heterocycles. The number of carbonyl (C=O) groups is 1. The minimum Gasteiger partial charge on any atom is -0.325 e. The van der Waals surface area contributed by atoms with Crippen LogP contribution in [0, 0.1) is 6.92 Å². The van der Waals surface area contributed by atoms with Gasteiger partial charge in [-0.15, -0.1) is 0 Å². The molecule has 1 aliphatic heterocycles. The second-order valence-corrected chi connectivity index (χ2v) is 9.68. The Morgan fingerprint density at radius 1 is 0.969 bits per heavy atom. The molecule has 0 bridgehead atoms. The van der Waals surface area contributed by atoms with Crippen molar-refractivity contribution in [2.45, 2.75) is 18.6 Å². The van der Waals surface area contributed by atoms with Gasteiger partial charge in [0.2, 0.25) is 0 Å². The van der Waals surface area contributed by atoms with Crippen LogP contribution in [0.1, 0.15) is 15.4 Å². The van der Waals surface area contributed by atoms with Gasteiger partial charge in [0.15, 0.2) is 10.1 Å². The zero-order chi connectivity index (χ0) is 21.7. The monoisotopic (exact) mass is 457 g/mol. The highest BCUT2D eigenvalue weighted by molar-refractivity contribution is 7.99. The Bertz CT molecular complexity index is 1430. The van der Waals surface area contributed by atoms with Crippen molar-refractivity contribution in [3.63, 3.8) is 0 Å². The van der Waals surface area contributed by atoms with E-state index in [-0.39, 0.29) is 5.91 Å². The lowest BCUT2D eigenvalue weighted by Gasteiger charge is -2.05. The average Bonchev–Trinajstić information content (AvgIpc) is 3.56. The Morgan fingerprint density at radius 2 is 1.72 bits per heavy atom. The fourth-order valence-corrected chi connectivity index (χ4v) is 5.82. The zero-order valence-electron chi connectivity index (χ0n) is 17.3. The number of hydrogen-bond donors (Lipinski definition) is 1. The number of nitrogens with zero attached hydrogens (tertiary/aromatic N) is 4. The number of benzene rings is 2. The number of rotatable bonds is 4. The Morgan fingerprint density at radius 3 is 2.47 bits per heavy atom. The fourth-order valence-electron chi connectivity index (χ4n) is 3.87. The van der Waals surface area contributed by atoms with Crippen molar-refractivity contribution in [2.24, 2.45) is 0 Å². The van der Waals surface area contributed by atoms with Gasteiger partial charge in [0, 0.05) is 47.2 Å². The number of imidazole rings is 2. The molecule has 158 valence electrons. The van der Waals surface area contributed by atoms with E-state index in [4.69, 9.17) is 4.98 Å². The highest BCUT2D eigenvalue weighted by atomic mass is 32.2. The third-order valence-electron chi connectivity index (χ3n) is 5.57. The van der Waals surface area contributed by atoms with Gasteiger partial charge in [-0.25, -0.2) is 9.97 Å². The van der Waals surface area contributed by atoms with E-state index >= 15 is 0 Å². The maximum atomic E-state index is 12.9. The molecule has 3 aromatic heterocycles. The largest absolute Gasteiger partial charge is 0.325 e. The van der Waals surface area contributed by atoms with Gasteiger partial charge < -0.3 is 9.88 Å². The lowest BCUT2D eigenvalue weighted by Crippen LogP contribution is -2.11. The third kappa shape index (κ3) is 3.32. The summed E-state index contributed by atoms with van der Waals surface area (Å²) in [5.41, 5.74) is 5.63. The molecule has 0 saturated carbocycles. The van der Waals surface area contributed by atoms with Crippen LogP contribution in [0.15, 0.2) is 72.1 Å². The van der Waals surface area contributed by atoms with Crippen molar-refractivity contribution in [2.75, 3.05) is 11.1 Å². The van der Waals surface area contributed by atoms with E-state index < -0.39 is 0 Å². The number of thioether (sulfide) groups is 1. The first-order valence-electron chi connectivity index (χ1n) is 10.3. The van der Waals surface area contributed by atoms with Crippen molar-refractivity contribution in [3.05, 3.63) is 77.6 Å². The fraction of sp³-hybridized carbons (Fsp3) is 0.125. The molecular weight excluding hydrogens is 438 g/mol. The normalized spacial score (nSPS) is 12.9. The van der Waals surface area contributed by atoms with Gasteiger partial charge in [-0.05, 0) is 19.1 Å². The molecular formula is C24H19N5OS2. The van der Waals surface area contributed by atoms with Gasteiger partial charge in [0.1, 0.15) is 4.88 Å². The summed E-state index contributed by atoms with van der Waals surface area (Å²) in [6.07, 6.45) is 4.08. The molecule has 2 aromatic carbocycles. The van der Waals surface area contributed by atoms with Crippen LogP contribution in [0.2, 0.25) is 0 Å². The lowest BCUT2D eigenvalue weighted by atomic mass is 10.1. The summed E-state index contributed by atoms with van der Waals surface area (Å²) in [6.45, 7) is 2.96. The minimum atomic E-state index is -0.121. The van der Waals surface area contributed by atoms with Crippen molar-refractivity contribution >= 4 is 39.7 Å². The number of aryl methyl sites for hydroxylation is 2. The number of nitrogens with one attached hydrogen (secondary N) is 1. The predicted octanol–water partition coefficient (Wildman–Crippen LogP) is 5.59. The molecule has 1 N–H and O–H groups in total. The first-order chi connectivity index (χ1) is 15.7. The van der Waals surface area contributed by atoms with Crippen molar-refractivity contribution < 1.29 is 4.79 Å². The summed E-state index contributed by atoms with van der Waals surface area (Å²) in [6, 6.07) is 17.9. The van der Waals surface area contributed by atoms with Crippen LogP contribution in [0.4, 0.5) is 5.69 Å². The van der Waals surface area contributed by atoms with Crippen molar-refractivity contribution in [3.8, 4) is 22.5 Å². The predicted molar refractivity (Wildman–Crippen MR) is 130 cm³/mol. The molecule has 8 heteroatoms. The molecule has 6 rings (SSSR count). The van der Waals surface area contributed by atoms with E-state index in [0.717, 1.165) is 56.3 Å². The maximum absolute atomic E-state index is 12.9. The smallest absolute Gasteiger partial charge is 0.267 e. The van der Waals surface area contributed by atoms with E-state index in [2.05, 4.69) is 21.1 Å². The summed E-state index contributed by atoms with van der Waals surface area (Å²) >= 11 is 3.19. The van der Waals surface area contributed by atoms with Crippen LogP contribution in [-0.2, 0) is 6.54 Å². The van der Waals surface area contributed by atoms with Crippen molar-refractivity contribution in [1.29, 1.82) is 0 Å². The summed E-state index contributed by atoms with van der Waals surface area (Å²) in [4.78, 5) is 23.8. The van der Waals surface area contributed by atoms with Gasteiger partial charge in [-0.1, -0.05) is 65.6 Å². The molecule has 6 nitrogen and oxygen atoms in total. The molecule has 0 atom stereocenters. The number of amides is 1. The van der Waals surface area contributed by atoms with Crippen molar-refractivity contribution in [1.82, 2.24) is 18.9 Å². The number of thiazole rings is 1. The molecule has 4 heterocycles. The Balaban J connectivity index is 1.21. The molecule has 0 fully saturated rings. The molecule has 1 amide bonds. The summed E-state index contributed by atoms with van der Waals surface area (Å²) < 4.78 is 4.18. The first kappa shape index (κ1) is 19.3. The Hall–Kier alpha value is -3.36. The van der Waals surface area contributed by atoms with E-state index in [1.54, 1.807) is 11.8 Å². The quantitative estimate of drug-likeness (QED) is 0.382. The highest BCUT2D eigenvalue weighted by Gasteiger charge is 2.19. The van der Waals surface area contributed by atoms with Gasteiger partial charge in [0.25, 0.3) is 5.91 Å². The average molecular weight is 458 g/mol. The summed E-state index contributed by atoms with van der Waals surface area (Å²) in [5.74, 6) is 0.970. The molecule has 5 aromatic rings.